The number of nitrogens with zero attached hydrogens (tertiary/aromatic N) is 2. The minimum absolute atomic E-state index is 0.133. The number of carbonyl (C=O) groups is 1. The Morgan fingerprint density at radius 2 is 1.89 bits per heavy atom. The second kappa shape index (κ2) is 10.7. The number of aryl methyl sites for hydroxylation is 1. The van der Waals surface area contributed by atoms with Gasteiger partial charge in [0.2, 0.25) is 0 Å². The van der Waals surface area contributed by atoms with Gasteiger partial charge in [0.05, 0.1) is 4.88 Å². The fourth-order valence-corrected chi connectivity index (χ4v) is 3.65. The van der Waals surface area contributed by atoms with Crippen molar-refractivity contribution in [2.45, 2.75) is 40.5 Å². The molecule has 3 rings (SSSR count). The molecule has 5 nitrogen and oxygen atoms in total. The van der Waals surface area contributed by atoms with E-state index in [1.54, 1.807) is 23.5 Å². The zero-order valence-corrected chi connectivity index (χ0v) is 17.6. The Bertz CT molecular complexity index is 905. The molecule has 0 unspecified atom stereocenters. The zero-order chi connectivity index (χ0) is 20.5. The third-order valence-electron chi connectivity index (χ3n) is 4.15. The number of aromatic nitrogens is 2. The maximum atomic E-state index is 10.8. The van der Waals surface area contributed by atoms with E-state index in [9.17, 15) is 4.79 Å². The predicted octanol–water partition coefficient (Wildman–Crippen LogP) is 5.19. The van der Waals surface area contributed by atoms with Crippen molar-refractivity contribution in [3.63, 3.8) is 0 Å². The predicted molar refractivity (Wildman–Crippen MR) is 117 cm³/mol. The van der Waals surface area contributed by atoms with E-state index in [0.29, 0.717) is 17.8 Å². The van der Waals surface area contributed by atoms with Gasteiger partial charge in [0, 0.05) is 29.1 Å². The molecule has 0 atom stereocenters. The minimum Gasteiger partial charge on any atom is -0.396 e. The molecule has 0 saturated heterocycles. The van der Waals surface area contributed by atoms with E-state index < -0.39 is 0 Å². The first-order valence-electron chi connectivity index (χ1n) is 9.53. The van der Waals surface area contributed by atoms with E-state index in [-0.39, 0.29) is 6.61 Å². The van der Waals surface area contributed by atoms with Crippen LogP contribution in [0.4, 0.5) is 11.5 Å². The van der Waals surface area contributed by atoms with Gasteiger partial charge in [0.1, 0.15) is 12.1 Å². The van der Waals surface area contributed by atoms with Crippen LogP contribution >= 0.6 is 11.3 Å². The van der Waals surface area contributed by atoms with Crippen LogP contribution in [0.25, 0.3) is 10.7 Å². The zero-order valence-electron chi connectivity index (χ0n) is 16.8. The van der Waals surface area contributed by atoms with Crippen LogP contribution in [-0.2, 0) is 12.8 Å². The standard InChI is InChI=1S/C20H21N3O2S.C2H6/c1-3-17-13(2)21-20(18-10-15(8-9-24)12-26-18)23-19(17)22-16-6-4-14(11-25)5-7-16;1-2/h4-7,10-12,24H,3,8-9H2,1-2H3,(H,21,22,23);1-2H3. The summed E-state index contributed by atoms with van der Waals surface area (Å²) < 4.78 is 0. The summed E-state index contributed by atoms with van der Waals surface area (Å²) in [4.78, 5) is 21.2. The van der Waals surface area contributed by atoms with E-state index in [1.807, 2.05) is 44.4 Å². The maximum absolute atomic E-state index is 10.8. The van der Waals surface area contributed by atoms with Crippen LogP contribution in [0.5, 0.6) is 0 Å². The lowest BCUT2D eigenvalue weighted by Gasteiger charge is -2.13. The van der Waals surface area contributed by atoms with Crippen molar-refractivity contribution >= 4 is 29.1 Å². The number of rotatable bonds is 7. The summed E-state index contributed by atoms with van der Waals surface area (Å²) in [5.74, 6) is 1.46. The van der Waals surface area contributed by atoms with Crippen molar-refractivity contribution in [2.24, 2.45) is 0 Å². The fourth-order valence-electron chi connectivity index (χ4n) is 2.77. The Kier molecular flexibility index (Phi) is 8.29. The Balaban J connectivity index is 0.00000136. The van der Waals surface area contributed by atoms with Crippen molar-refractivity contribution in [1.29, 1.82) is 0 Å². The molecule has 0 aliphatic heterocycles. The average Bonchev–Trinajstić information content (AvgIpc) is 3.19. The van der Waals surface area contributed by atoms with Gasteiger partial charge in [-0.2, -0.15) is 0 Å². The molecule has 2 N–H and O–H groups in total. The number of anilines is 2. The number of aliphatic hydroxyl groups excluding tert-OH is 1. The summed E-state index contributed by atoms with van der Waals surface area (Å²) in [6, 6.07) is 9.31. The highest BCUT2D eigenvalue weighted by molar-refractivity contribution is 7.13. The lowest BCUT2D eigenvalue weighted by Crippen LogP contribution is -2.05. The van der Waals surface area contributed by atoms with Gasteiger partial charge in [-0.25, -0.2) is 9.97 Å². The first-order chi connectivity index (χ1) is 13.6. The topological polar surface area (TPSA) is 75.1 Å². The number of hydrogen-bond donors (Lipinski definition) is 2. The molecule has 1 aromatic carbocycles. The monoisotopic (exact) mass is 397 g/mol. The van der Waals surface area contributed by atoms with Crippen LogP contribution in [0.2, 0.25) is 0 Å². The maximum Gasteiger partial charge on any atom is 0.171 e. The summed E-state index contributed by atoms with van der Waals surface area (Å²) in [7, 11) is 0. The van der Waals surface area contributed by atoms with Crippen molar-refractivity contribution < 1.29 is 9.90 Å². The summed E-state index contributed by atoms with van der Waals surface area (Å²) in [6.07, 6.45) is 2.28. The molecule has 0 aliphatic carbocycles. The molecule has 2 heterocycles. The molecule has 3 aromatic rings. The number of benzene rings is 1. The first-order valence-corrected chi connectivity index (χ1v) is 10.4. The Hall–Kier alpha value is -2.57. The highest BCUT2D eigenvalue weighted by atomic mass is 32.1. The molecule has 6 heteroatoms. The normalized spacial score (nSPS) is 10.2. The quantitative estimate of drug-likeness (QED) is 0.536. The molecular weight excluding hydrogens is 370 g/mol. The molecule has 2 aromatic heterocycles. The number of carbonyl (C=O) groups excluding carboxylic acids is 1. The van der Waals surface area contributed by atoms with Crippen LogP contribution < -0.4 is 5.32 Å². The smallest absolute Gasteiger partial charge is 0.171 e. The number of thiophene rings is 1. The van der Waals surface area contributed by atoms with Gasteiger partial charge < -0.3 is 10.4 Å². The summed E-state index contributed by atoms with van der Waals surface area (Å²) in [5, 5.41) is 14.5. The Morgan fingerprint density at radius 1 is 1.18 bits per heavy atom. The van der Waals surface area contributed by atoms with Crippen molar-refractivity contribution in [3.8, 4) is 10.7 Å². The van der Waals surface area contributed by atoms with Gasteiger partial charge >= 0.3 is 0 Å². The molecule has 148 valence electrons. The Morgan fingerprint density at radius 3 is 2.50 bits per heavy atom. The van der Waals surface area contributed by atoms with Crippen molar-refractivity contribution in [2.75, 3.05) is 11.9 Å². The SMILES string of the molecule is CC.CCc1c(C)nc(-c2cc(CCO)cs2)nc1Nc1ccc(C=O)cc1. The number of nitrogens with one attached hydrogen (secondary N) is 1. The lowest BCUT2D eigenvalue weighted by molar-refractivity contribution is 0.112. The second-order valence-corrected chi connectivity index (χ2v) is 6.88. The van der Waals surface area contributed by atoms with E-state index >= 15 is 0 Å². The highest BCUT2D eigenvalue weighted by Gasteiger charge is 2.13. The van der Waals surface area contributed by atoms with Crippen LogP contribution in [0.1, 0.15) is 48.0 Å². The van der Waals surface area contributed by atoms with Crippen LogP contribution in [0.15, 0.2) is 35.7 Å². The minimum atomic E-state index is 0.133. The molecule has 0 spiro atoms. The third-order valence-corrected chi connectivity index (χ3v) is 5.13. The average molecular weight is 398 g/mol. The van der Waals surface area contributed by atoms with E-state index in [0.717, 1.165) is 45.9 Å². The second-order valence-electron chi connectivity index (χ2n) is 5.97. The fraction of sp³-hybridized carbons (Fsp3) is 0.318. The lowest BCUT2D eigenvalue weighted by atomic mass is 10.1. The Labute approximate surface area is 170 Å². The van der Waals surface area contributed by atoms with Gasteiger partial charge in [-0.05, 0) is 61.0 Å². The van der Waals surface area contributed by atoms with E-state index in [4.69, 9.17) is 10.1 Å². The highest BCUT2D eigenvalue weighted by Crippen LogP contribution is 2.29. The van der Waals surface area contributed by atoms with Crippen molar-refractivity contribution in [1.82, 2.24) is 9.97 Å². The number of aliphatic hydroxyl groups is 1. The molecule has 0 radical (unpaired) electrons. The van der Waals surface area contributed by atoms with Gasteiger partial charge in [-0.3, -0.25) is 4.79 Å². The molecule has 0 saturated carbocycles. The van der Waals surface area contributed by atoms with Crippen LogP contribution in [0, 0.1) is 6.92 Å². The van der Waals surface area contributed by atoms with E-state index in [2.05, 4.69) is 17.2 Å². The van der Waals surface area contributed by atoms with Crippen LogP contribution in [0.3, 0.4) is 0 Å². The molecule has 0 fully saturated rings. The number of hydrogen-bond acceptors (Lipinski definition) is 6. The summed E-state index contributed by atoms with van der Waals surface area (Å²) in [5.41, 5.74) is 4.62. The molecule has 28 heavy (non-hydrogen) atoms. The van der Waals surface area contributed by atoms with Crippen LogP contribution in [-0.4, -0.2) is 28.0 Å². The van der Waals surface area contributed by atoms with Crippen molar-refractivity contribution in [3.05, 3.63) is 58.1 Å². The van der Waals surface area contributed by atoms with Gasteiger partial charge in [-0.15, -0.1) is 11.3 Å². The van der Waals surface area contributed by atoms with Gasteiger partial charge in [0.15, 0.2) is 5.82 Å². The van der Waals surface area contributed by atoms with Gasteiger partial charge in [-0.1, -0.05) is 20.8 Å². The first kappa shape index (κ1) is 21.7. The molecular formula is C22H27N3O2S. The number of aldehydes is 1. The van der Waals surface area contributed by atoms with Gasteiger partial charge in [0.25, 0.3) is 0 Å². The summed E-state index contributed by atoms with van der Waals surface area (Å²) >= 11 is 1.58. The molecule has 0 amide bonds. The molecule has 0 aliphatic rings. The largest absolute Gasteiger partial charge is 0.396 e. The molecule has 0 bridgehead atoms. The third kappa shape index (κ3) is 5.24. The van der Waals surface area contributed by atoms with E-state index in [1.165, 1.54) is 0 Å². The summed E-state index contributed by atoms with van der Waals surface area (Å²) in [6.45, 7) is 8.21.